The highest BCUT2D eigenvalue weighted by molar-refractivity contribution is 7.89. The van der Waals surface area contributed by atoms with E-state index in [1.807, 2.05) is 30.3 Å². The van der Waals surface area contributed by atoms with Crippen LogP contribution in [-0.4, -0.2) is 40.1 Å². The van der Waals surface area contributed by atoms with Crippen LogP contribution in [0.5, 0.6) is 0 Å². The lowest BCUT2D eigenvalue weighted by atomic mass is 9.95. The van der Waals surface area contributed by atoms with Crippen LogP contribution in [0, 0.1) is 6.92 Å². The third-order valence-electron chi connectivity index (χ3n) is 5.08. The molecular weight excluding hydrogens is 390 g/mol. The highest BCUT2D eigenvalue weighted by Gasteiger charge is 2.28. The van der Waals surface area contributed by atoms with Gasteiger partial charge < -0.3 is 11.1 Å². The number of hydrogen-bond donors (Lipinski definition) is 4. The summed E-state index contributed by atoms with van der Waals surface area (Å²) in [5.74, 6) is 0.490. The third kappa shape index (κ3) is 3.92. The summed E-state index contributed by atoms with van der Waals surface area (Å²) in [5.41, 5.74) is 9.56. The van der Waals surface area contributed by atoms with Crippen molar-refractivity contribution in [2.45, 2.75) is 24.0 Å². The number of azo groups is 1. The number of benzene rings is 2. The lowest BCUT2D eigenvalue weighted by molar-refractivity contribution is 0.448. The largest absolute Gasteiger partial charge is 0.383 e. The van der Waals surface area contributed by atoms with Gasteiger partial charge in [-0.2, -0.15) is 10.2 Å². The minimum absolute atomic E-state index is 0.0796. The van der Waals surface area contributed by atoms with E-state index in [2.05, 4.69) is 25.9 Å². The maximum atomic E-state index is 12.3. The van der Waals surface area contributed by atoms with Gasteiger partial charge in [0.1, 0.15) is 18.7 Å². The molecule has 2 heterocycles. The van der Waals surface area contributed by atoms with Gasteiger partial charge in [0.15, 0.2) is 0 Å². The van der Waals surface area contributed by atoms with Crippen LogP contribution >= 0.6 is 0 Å². The number of aliphatic imine (C=N–C) groups is 1. The van der Waals surface area contributed by atoms with Crippen molar-refractivity contribution in [3.63, 3.8) is 0 Å². The maximum Gasteiger partial charge on any atom is 0.238 e. The standard InChI is InChI=1S/C19H23N7O2S/c1-11-2-7-15(16(17(11)29(21,27)28)19-23-10-24-26-19)12-3-5-13(6-4-12)18(20)25-14-8-22-9-14/h2-7,14,19,22-23H,8-10H2,1H3,(H2,20,25)(H2,21,27,28). The molecule has 1 atom stereocenters. The molecule has 0 radical (unpaired) electrons. The quantitative estimate of drug-likeness (QED) is 0.426. The Balaban J connectivity index is 1.78. The minimum atomic E-state index is -3.95. The predicted molar refractivity (Wildman–Crippen MR) is 111 cm³/mol. The van der Waals surface area contributed by atoms with Crippen molar-refractivity contribution in [2.24, 2.45) is 26.1 Å². The van der Waals surface area contributed by atoms with E-state index in [-0.39, 0.29) is 10.9 Å². The summed E-state index contributed by atoms with van der Waals surface area (Å²) in [7, 11) is -3.95. The molecule has 2 aliphatic heterocycles. The van der Waals surface area contributed by atoms with E-state index >= 15 is 0 Å². The molecule has 0 bridgehead atoms. The molecule has 6 N–H and O–H groups in total. The molecule has 9 nitrogen and oxygen atoms in total. The molecule has 29 heavy (non-hydrogen) atoms. The number of primary sulfonamides is 1. The third-order valence-corrected chi connectivity index (χ3v) is 6.19. The Hall–Kier alpha value is -2.66. The number of amidine groups is 1. The molecule has 1 unspecified atom stereocenters. The van der Waals surface area contributed by atoms with E-state index < -0.39 is 16.2 Å². The zero-order chi connectivity index (χ0) is 20.6. The Morgan fingerprint density at radius 2 is 1.90 bits per heavy atom. The number of aryl methyl sites for hydroxylation is 1. The summed E-state index contributed by atoms with van der Waals surface area (Å²) >= 11 is 0. The van der Waals surface area contributed by atoms with E-state index in [9.17, 15) is 8.42 Å². The summed E-state index contributed by atoms with van der Waals surface area (Å²) in [5, 5.41) is 19.9. The second-order valence-electron chi connectivity index (χ2n) is 7.14. The van der Waals surface area contributed by atoms with Crippen LogP contribution in [0.2, 0.25) is 0 Å². The van der Waals surface area contributed by atoms with Crippen LogP contribution in [0.25, 0.3) is 11.1 Å². The van der Waals surface area contributed by atoms with E-state index in [0.29, 0.717) is 23.6 Å². The van der Waals surface area contributed by atoms with Crippen molar-refractivity contribution in [3.05, 3.63) is 53.1 Å². The Labute approximate surface area is 169 Å². The van der Waals surface area contributed by atoms with Gasteiger partial charge in [-0.3, -0.25) is 10.3 Å². The van der Waals surface area contributed by atoms with Crippen molar-refractivity contribution in [1.82, 2.24) is 10.6 Å². The first-order valence-corrected chi connectivity index (χ1v) is 10.8. The Morgan fingerprint density at radius 1 is 1.17 bits per heavy atom. The van der Waals surface area contributed by atoms with Crippen molar-refractivity contribution in [2.75, 3.05) is 19.8 Å². The molecule has 152 valence electrons. The van der Waals surface area contributed by atoms with Crippen LogP contribution in [0.3, 0.4) is 0 Å². The maximum absolute atomic E-state index is 12.3. The summed E-state index contributed by atoms with van der Waals surface area (Å²) in [6.07, 6.45) is -0.573. The van der Waals surface area contributed by atoms with Gasteiger partial charge in [-0.25, -0.2) is 13.6 Å². The Kier molecular flexibility index (Phi) is 5.17. The summed E-state index contributed by atoms with van der Waals surface area (Å²) < 4.78 is 24.7. The first-order chi connectivity index (χ1) is 13.8. The number of rotatable bonds is 5. The fourth-order valence-electron chi connectivity index (χ4n) is 3.52. The second-order valence-corrected chi connectivity index (χ2v) is 8.64. The monoisotopic (exact) mass is 413 g/mol. The van der Waals surface area contributed by atoms with E-state index in [1.165, 1.54) is 0 Å². The predicted octanol–water partition coefficient (Wildman–Crippen LogP) is 0.998. The summed E-state index contributed by atoms with van der Waals surface area (Å²) in [6, 6.07) is 11.4. The molecule has 10 heteroatoms. The molecule has 0 aromatic heterocycles. The molecule has 1 fully saturated rings. The molecule has 0 saturated carbocycles. The van der Waals surface area contributed by atoms with Crippen molar-refractivity contribution in [3.8, 4) is 11.1 Å². The first-order valence-electron chi connectivity index (χ1n) is 9.25. The molecule has 0 amide bonds. The van der Waals surface area contributed by atoms with Crippen LogP contribution in [0.1, 0.15) is 22.9 Å². The van der Waals surface area contributed by atoms with E-state index in [1.54, 1.807) is 13.0 Å². The second kappa shape index (κ2) is 7.64. The molecular formula is C19H23N7O2S. The smallest absolute Gasteiger partial charge is 0.238 e. The average molecular weight is 414 g/mol. The molecule has 2 aliphatic rings. The molecule has 1 saturated heterocycles. The highest BCUT2D eigenvalue weighted by atomic mass is 32.2. The average Bonchev–Trinajstić information content (AvgIpc) is 3.18. The molecule has 4 rings (SSSR count). The molecule has 2 aromatic carbocycles. The number of nitrogens with zero attached hydrogens (tertiary/aromatic N) is 3. The molecule has 2 aromatic rings. The fraction of sp³-hybridized carbons (Fsp3) is 0.316. The van der Waals surface area contributed by atoms with Gasteiger partial charge in [-0.15, -0.1) is 0 Å². The van der Waals surface area contributed by atoms with Crippen LogP contribution in [-0.2, 0) is 10.0 Å². The zero-order valence-corrected chi connectivity index (χ0v) is 16.8. The Morgan fingerprint density at radius 3 is 2.45 bits per heavy atom. The van der Waals surface area contributed by atoms with Gasteiger partial charge >= 0.3 is 0 Å². The van der Waals surface area contributed by atoms with Gasteiger partial charge in [0.05, 0.1) is 10.9 Å². The van der Waals surface area contributed by atoms with Crippen LogP contribution < -0.4 is 21.5 Å². The van der Waals surface area contributed by atoms with Crippen molar-refractivity contribution in [1.29, 1.82) is 0 Å². The Bertz CT molecular complexity index is 1090. The normalized spacial score (nSPS) is 20.1. The van der Waals surface area contributed by atoms with E-state index in [0.717, 1.165) is 29.8 Å². The van der Waals surface area contributed by atoms with Crippen LogP contribution in [0.15, 0.2) is 56.5 Å². The van der Waals surface area contributed by atoms with Crippen molar-refractivity contribution >= 4 is 15.9 Å². The summed E-state index contributed by atoms with van der Waals surface area (Å²) in [6.45, 7) is 3.72. The number of hydrogen-bond acceptors (Lipinski definition) is 7. The van der Waals surface area contributed by atoms with Crippen LogP contribution in [0.4, 0.5) is 0 Å². The van der Waals surface area contributed by atoms with Crippen molar-refractivity contribution < 1.29 is 8.42 Å². The SMILES string of the molecule is Cc1ccc(-c2ccc(C(N)=NC3CNC3)cc2)c(C2N=NCN2)c1S(N)(=O)=O. The zero-order valence-electron chi connectivity index (χ0n) is 16.0. The number of nitrogens with two attached hydrogens (primary N) is 2. The lowest BCUT2D eigenvalue weighted by Crippen LogP contribution is -2.46. The fourth-order valence-corrected chi connectivity index (χ4v) is 4.56. The van der Waals surface area contributed by atoms with Gasteiger partial charge in [-0.1, -0.05) is 36.4 Å². The minimum Gasteiger partial charge on any atom is -0.383 e. The number of nitrogens with one attached hydrogen (secondary N) is 2. The van der Waals surface area contributed by atoms with Gasteiger partial charge in [0.25, 0.3) is 0 Å². The lowest BCUT2D eigenvalue weighted by Gasteiger charge is -2.23. The summed E-state index contributed by atoms with van der Waals surface area (Å²) in [4.78, 5) is 4.57. The molecule has 0 spiro atoms. The highest BCUT2D eigenvalue weighted by Crippen LogP contribution is 2.36. The molecule has 0 aliphatic carbocycles. The topological polar surface area (TPSA) is 147 Å². The van der Waals surface area contributed by atoms with E-state index in [4.69, 9.17) is 10.9 Å². The first kappa shape index (κ1) is 19.6. The van der Waals surface area contributed by atoms with Gasteiger partial charge in [-0.05, 0) is 23.6 Å². The van der Waals surface area contributed by atoms with Gasteiger partial charge in [0.2, 0.25) is 10.0 Å². The number of sulfonamides is 1. The van der Waals surface area contributed by atoms with Gasteiger partial charge in [0, 0.05) is 24.2 Å².